The van der Waals surface area contributed by atoms with E-state index < -0.39 is 5.82 Å². The van der Waals surface area contributed by atoms with Crippen LogP contribution in [-0.4, -0.2) is 16.5 Å². The molecule has 2 rings (SSSR count). The van der Waals surface area contributed by atoms with E-state index >= 15 is 0 Å². The maximum Gasteiger partial charge on any atom is 0.224 e. The topological polar surface area (TPSA) is 47.0 Å². The SMILES string of the molecule is CCCNc1cc(Oc2cc(Br)ccc2F)nc(C)n1. The summed E-state index contributed by atoms with van der Waals surface area (Å²) >= 11 is 3.28. The monoisotopic (exact) mass is 339 g/mol. The molecule has 1 aromatic carbocycles. The van der Waals surface area contributed by atoms with Crippen LogP contribution >= 0.6 is 15.9 Å². The van der Waals surface area contributed by atoms with Gasteiger partial charge in [-0.25, -0.2) is 9.37 Å². The fourth-order valence-electron chi connectivity index (χ4n) is 1.60. The summed E-state index contributed by atoms with van der Waals surface area (Å²) in [6, 6.07) is 6.17. The first-order valence-electron chi connectivity index (χ1n) is 6.31. The summed E-state index contributed by atoms with van der Waals surface area (Å²) < 4.78 is 19.9. The number of aromatic nitrogens is 2. The van der Waals surface area contributed by atoms with Gasteiger partial charge in [0.15, 0.2) is 11.6 Å². The highest BCUT2D eigenvalue weighted by Crippen LogP contribution is 2.27. The largest absolute Gasteiger partial charge is 0.436 e. The van der Waals surface area contributed by atoms with E-state index in [0.717, 1.165) is 17.4 Å². The van der Waals surface area contributed by atoms with Crippen molar-refractivity contribution in [3.05, 3.63) is 40.4 Å². The molecule has 0 aliphatic rings. The molecule has 20 heavy (non-hydrogen) atoms. The molecule has 0 radical (unpaired) electrons. The maximum atomic E-state index is 13.7. The van der Waals surface area contributed by atoms with E-state index in [9.17, 15) is 4.39 Å². The molecule has 6 heteroatoms. The molecule has 0 saturated carbocycles. The standard InChI is InChI=1S/C14H15BrFN3O/c1-3-6-17-13-8-14(19-9(2)18-13)20-12-7-10(15)4-5-11(12)16/h4-5,7-8H,3,6H2,1-2H3,(H,17,18,19). The lowest BCUT2D eigenvalue weighted by Gasteiger charge is -2.09. The summed E-state index contributed by atoms with van der Waals surface area (Å²) in [5.74, 6) is 1.24. The molecule has 0 atom stereocenters. The van der Waals surface area contributed by atoms with Crippen LogP contribution in [0.25, 0.3) is 0 Å². The van der Waals surface area contributed by atoms with Gasteiger partial charge in [0.05, 0.1) is 0 Å². The van der Waals surface area contributed by atoms with E-state index in [-0.39, 0.29) is 5.75 Å². The molecule has 1 N–H and O–H groups in total. The van der Waals surface area contributed by atoms with Crippen LogP contribution in [0.1, 0.15) is 19.2 Å². The number of ether oxygens (including phenoxy) is 1. The normalized spacial score (nSPS) is 10.4. The molecule has 0 saturated heterocycles. The van der Waals surface area contributed by atoms with E-state index in [0.29, 0.717) is 17.5 Å². The van der Waals surface area contributed by atoms with E-state index in [4.69, 9.17) is 4.74 Å². The lowest BCUT2D eigenvalue weighted by molar-refractivity contribution is 0.425. The molecule has 0 spiro atoms. The van der Waals surface area contributed by atoms with Gasteiger partial charge in [0, 0.05) is 17.1 Å². The van der Waals surface area contributed by atoms with Gasteiger partial charge in [-0.15, -0.1) is 0 Å². The minimum absolute atomic E-state index is 0.124. The predicted octanol–water partition coefficient (Wildman–Crippen LogP) is 4.30. The molecule has 1 aromatic heterocycles. The summed E-state index contributed by atoms with van der Waals surface area (Å²) in [6.45, 7) is 4.64. The minimum atomic E-state index is -0.437. The fourth-order valence-corrected chi connectivity index (χ4v) is 1.94. The minimum Gasteiger partial charge on any atom is -0.436 e. The second kappa shape index (κ2) is 6.65. The van der Waals surface area contributed by atoms with Crippen molar-refractivity contribution in [1.29, 1.82) is 0 Å². The molecule has 0 unspecified atom stereocenters. The van der Waals surface area contributed by atoms with Crippen molar-refractivity contribution in [3.63, 3.8) is 0 Å². The molecule has 0 bridgehead atoms. The molecule has 2 aromatic rings. The predicted molar refractivity (Wildman–Crippen MR) is 79.7 cm³/mol. The van der Waals surface area contributed by atoms with Crippen molar-refractivity contribution < 1.29 is 9.13 Å². The third-order valence-electron chi connectivity index (χ3n) is 2.48. The molecule has 0 aliphatic carbocycles. The van der Waals surface area contributed by atoms with Crippen LogP contribution in [0, 0.1) is 12.7 Å². The Hall–Kier alpha value is -1.69. The van der Waals surface area contributed by atoms with Gasteiger partial charge in [-0.05, 0) is 31.5 Å². The molecule has 4 nitrogen and oxygen atoms in total. The number of halogens is 2. The van der Waals surface area contributed by atoms with Gasteiger partial charge in [0.1, 0.15) is 11.6 Å². The quantitative estimate of drug-likeness (QED) is 0.882. The Balaban J connectivity index is 2.24. The number of hydrogen-bond acceptors (Lipinski definition) is 4. The van der Waals surface area contributed by atoms with Crippen LogP contribution in [0.3, 0.4) is 0 Å². The Morgan fingerprint density at radius 2 is 2.10 bits per heavy atom. The Morgan fingerprint density at radius 3 is 2.85 bits per heavy atom. The lowest BCUT2D eigenvalue weighted by atomic mass is 10.3. The van der Waals surface area contributed by atoms with Crippen molar-refractivity contribution in [2.45, 2.75) is 20.3 Å². The number of benzene rings is 1. The van der Waals surface area contributed by atoms with Crippen molar-refractivity contribution >= 4 is 21.7 Å². The molecule has 0 aliphatic heterocycles. The van der Waals surface area contributed by atoms with Crippen molar-refractivity contribution in [1.82, 2.24) is 9.97 Å². The smallest absolute Gasteiger partial charge is 0.224 e. The van der Waals surface area contributed by atoms with E-state index in [1.54, 1.807) is 25.1 Å². The molecule has 106 valence electrons. The third kappa shape index (κ3) is 3.90. The fraction of sp³-hybridized carbons (Fsp3) is 0.286. The van der Waals surface area contributed by atoms with Gasteiger partial charge >= 0.3 is 0 Å². The number of rotatable bonds is 5. The van der Waals surface area contributed by atoms with Gasteiger partial charge in [0.2, 0.25) is 5.88 Å². The Bertz CT molecular complexity index is 607. The van der Waals surface area contributed by atoms with E-state index in [1.807, 2.05) is 0 Å². The molecule has 0 amide bonds. The molecule has 1 heterocycles. The van der Waals surface area contributed by atoms with Crippen molar-refractivity contribution in [2.75, 3.05) is 11.9 Å². The van der Waals surface area contributed by atoms with E-state index in [1.165, 1.54) is 6.07 Å². The number of hydrogen-bond donors (Lipinski definition) is 1. The second-order valence-electron chi connectivity index (χ2n) is 4.24. The maximum absolute atomic E-state index is 13.7. The first-order chi connectivity index (χ1) is 9.58. The van der Waals surface area contributed by atoms with Crippen molar-refractivity contribution in [2.24, 2.45) is 0 Å². The first-order valence-corrected chi connectivity index (χ1v) is 7.10. The summed E-state index contributed by atoms with van der Waals surface area (Å²) in [6.07, 6.45) is 0.986. The van der Waals surface area contributed by atoms with Crippen LogP contribution in [-0.2, 0) is 0 Å². The number of nitrogens with zero attached hydrogens (tertiary/aromatic N) is 2. The number of anilines is 1. The van der Waals surface area contributed by atoms with Gasteiger partial charge < -0.3 is 10.1 Å². The highest BCUT2D eigenvalue weighted by atomic mass is 79.9. The average molecular weight is 340 g/mol. The zero-order chi connectivity index (χ0) is 14.5. The van der Waals surface area contributed by atoms with Gasteiger partial charge in [-0.2, -0.15) is 4.98 Å². The summed E-state index contributed by atoms with van der Waals surface area (Å²) in [5, 5.41) is 3.15. The van der Waals surface area contributed by atoms with Crippen LogP contribution in [0.4, 0.5) is 10.2 Å². The van der Waals surface area contributed by atoms with Gasteiger partial charge in [-0.1, -0.05) is 22.9 Å². The molecular weight excluding hydrogens is 325 g/mol. The van der Waals surface area contributed by atoms with Gasteiger partial charge in [0.25, 0.3) is 0 Å². The highest BCUT2D eigenvalue weighted by Gasteiger charge is 2.08. The summed E-state index contributed by atoms with van der Waals surface area (Å²) in [5.41, 5.74) is 0. The Kier molecular flexibility index (Phi) is 4.89. The summed E-state index contributed by atoms with van der Waals surface area (Å²) in [7, 11) is 0. The van der Waals surface area contributed by atoms with Crippen LogP contribution in [0.2, 0.25) is 0 Å². The Morgan fingerprint density at radius 1 is 1.30 bits per heavy atom. The zero-order valence-electron chi connectivity index (χ0n) is 11.3. The average Bonchev–Trinajstić information content (AvgIpc) is 2.40. The lowest BCUT2D eigenvalue weighted by Crippen LogP contribution is -2.04. The van der Waals surface area contributed by atoms with Crippen LogP contribution in [0.15, 0.2) is 28.7 Å². The van der Waals surface area contributed by atoms with Crippen LogP contribution in [0.5, 0.6) is 11.6 Å². The number of nitrogens with one attached hydrogen (secondary N) is 1. The summed E-state index contributed by atoms with van der Waals surface area (Å²) in [4.78, 5) is 8.40. The molecular formula is C14H15BrFN3O. The highest BCUT2D eigenvalue weighted by molar-refractivity contribution is 9.10. The Labute approximate surface area is 125 Å². The van der Waals surface area contributed by atoms with E-state index in [2.05, 4.69) is 38.1 Å². The first kappa shape index (κ1) is 14.7. The zero-order valence-corrected chi connectivity index (χ0v) is 12.9. The van der Waals surface area contributed by atoms with Crippen LogP contribution < -0.4 is 10.1 Å². The number of aryl methyl sites for hydroxylation is 1. The third-order valence-corrected chi connectivity index (χ3v) is 2.97. The second-order valence-corrected chi connectivity index (χ2v) is 5.16. The van der Waals surface area contributed by atoms with Crippen molar-refractivity contribution in [3.8, 4) is 11.6 Å². The molecule has 0 fully saturated rings. The van der Waals surface area contributed by atoms with Gasteiger partial charge in [-0.3, -0.25) is 0 Å².